The average Bonchev–Trinajstić information content (AvgIpc) is 2.79. The monoisotopic (exact) mass is 204 g/mol. The molecule has 0 N–H and O–H groups in total. The molecule has 0 saturated heterocycles. The average molecular weight is 204 g/mol. The second-order valence-corrected chi connectivity index (χ2v) is 3.35. The Balaban J connectivity index is 2.43. The van der Waals surface area contributed by atoms with Crippen LogP contribution in [0.15, 0.2) is 28.4 Å². The summed E-state index contributed by atoms with van der Waals surface area (Å²) in [6, 6.07) is 3.25. The summed E-state index contributed by atoms with van der Waals surface area (Å²) in [7, 11) is 0. The topological polar surface area (TPSA) is 64.3 Å². The highest BCUT2D eigenvalue weighted by molar-refractivity contribution is 6.60. The maximum atomic E-state index is 11.5. The summed E-state index contributed by atoms with van der Waals surface area (Å²) in [5.41, 5.74) is -0.0811. The van der Waals surface area contributed by atoms with E-state index < -0.39 is 23.3 Å². The second-order valence-electron chi connectivity index (χ2n) is 3.35. The number of hydrogen-bond acceptors (Lipinski definition) is 4. The molecule has 1 aromatic heterocycles. The van der Waals surface area contributed by atoms with Gasteiger partial charge in [0.1, 0.15) is 5.76 Å². The second kappa shape index (κ2) is 3.31. The molecule has 0 radical (unpaired) electrons. The molecule has 4 nitrogen and oxygen atoms in total. The van der Waals surface area contributed by atoms with Crippen molar-refractivity contribution in [2.75, 3.05) is 0 Å². The number of allylic oxidation sites excluding steroid dienone is 1. The Morgan fingerprint density at radius 3 is 2.47 bits per heavy atom. The van der Waals surface area contributed by atoms with Gasteiger partial charge in [0.05, 0.1) is 17.8 Å². The summed E-state index contributed by atoms with van der Waals surface area (Å²) in [6.45, 7) is 1.44. The highest BCUT2D eigenvalue weighted by Gasteiger charge is 2.41. The van der Waals surface area contributed by atoms with E-state index in [1.165, 1.54) is 19.3 Å². The third-order valence-electron chi connectivity index (χ3n) is 2.35. The van der Waals surface area contributed by atoms with Crippen LogP contribution >= 0.6 is 0 Å². The molecule has 0 bridgehead atoms. The Morgan fingerprint density at radius 2 is 2.00 bits per heavy atom. The predicted octanol–water partition coefficient (Wildman–Crippen LogP) is 1.02. The van der Waals surface area contributed by atoms with Crippen molar-refractivity contribution in [2.24, 2.45) is 5.92 Å². The lowest BCUT2D eigenvalue weighted by molar-refractivity contribution is -0.135. The molecule has 1 fully saturated rings. The van der Waals surface area contributed by atoms with Crippen LogP contribution in [0.5, 0.6) is 0 Å². The molecule has 2 rings (SSSR count). The lowest BCUT2D eigenvalue weighted by Crippen LogP contribution is -2.12. The Morgan fingerprint density at radius 1 is 1.27 bits per heavy atom. The van der Waals surface area contributed by atoms with E-state index in [4.69, 9.17) is 4.42 Å². The van der Waals surface area contributed by atoms with Gasteiger partial charge in [-0.15, -0.1) is 0 Å². The molecule has 0 unspecified atom stereocenters. The van der Waals surface area contributed by atoms with E-state index in [0.717, 1.165) is 0 Å². The maximum absolute atomic E-state index is 11.5. The van der Waals surface area contributed by atoms with Crippen molar-refractivity contribution >= 4 is 23.4 Å². The van der Waals surface area contributed by atoms with Crippen LogP contribution in [0.25, 0.3) is 6.08 Å². The first kappa shape index (κ1) is 9.58. The molecule has 4 heteroatoms. The SMILES string of the molecule is C[C@@H]1C(=O)C(=O)/C(=C/c2ccco2)C1=O. The summed E-state index contributed by atoms with van der Waals surface area (Å²) >= 11 is 0. The van der Waals surface area contributed by atoms with Crippen LogP contribution in [0.1, 0.15) is 12.7 Å². The minimum absolute atomic E-state index is 0.0811. The fraction of sp³-hybridized carbons (Fsp3) is 0.182. The van der Waals surface area contributed by atoms with Gasteiger partial charge in [-0.3, -0.25) is 14.4 Å². The van der Waals surface area contributed by atoms with Gasteiger partial charge in [0.15, 0.2) is 5.78 Å². The van der Waals surface area contributed by atoms with Crippen molar-refractivity contribution in [3.05, 3.63) is 29.7 Å². The molecule has 0 aliphatic heterocycles. The fourth-order valence-electron chi connectivity index (χ4n) is 1.45. The smallest absolute Gasteiger partial charge is 0.233 e. The Labute approximate surface area is 85.6 Å². The molecule has 1 heterocycles. The maximum Gasteiger partial charge on any atom is 0.233 e. The van der Waals surface area contributed by atoms with E-state index in [9.17, 15) is 14.4 Å². The molecule has 1 atom stereocenters. The molecule has 15 heavy (non-hydrogen) atoms. The Kier molecular flexibility index (Phi) is 2.11. The van der Waals surface area contributed by atoms with Crippen molar-refractivity contribution in [3.8, 4) is 0 Å². The molecule has 1 aromatic rings. The van der Waals surface area contributed by atoms with E-state index in [0.29, 0.717) is 5.76 Å². The van der Waals surface area contributed by atoms with E-state index in [-0.39, 0.29) is 5.57 Å². The number of carbonyl (C=O) groups is 3. The normalized spacial score (nSPS) is 24.2. The molecule has 0 amide bonds. The van der Waals surface area contributed by atoms with Crippen LogP contribution in [-0.2, 0) is 14.4 Å². The van der Waals surface area contributed by atoms with Crippen LogP contribution in [0.2, 0.25) is 0 Å². The molecule has 1 aliphatic carbocycles. The molecular weight excluding hydrogens is 196 g/mol. The first-order valence-electron chi connectivity index (χ1n) is 4.49. The van der Waals surface area contributed by atoms with Gasteiger partial charge in [0.25, 0.3) is 0 Å². The molecule has 1 aliphatic rings. The quantitative estimate of drug-likeness (QED) is 0.296. The highest BCUT2D eigenvalue weighted by Crippen LogP contribution is 2.22. The number of furan rings is 1. The predicted molar refractivity (Wildman–Crippen MR) is 50.9 cm³/mol. The van der Waals surface area contributed by atoms with Gasteiger partial charge >= 0.3 is 0 Å². The van der Waals surface area contributed by atoms with Gasteiger partial charge in [-0.1, -0.05) is 0 Å². The lowest BCUT2D eigenvalue weighted by atomic mass is 10.1. The van der Waals surface area contributed by atoms with Crippen LogP contribution in [0.4, 0.5) is 0 Å². The zero-order valence-corrected chi connectivity index (χ0v) is 8.02. The van der Waals surface area contributed by atoms with Crippen LogP contribution in [-0.4, -0.2) is 17.3 Å². The first-order chi connectivity index (χ1) is 7.11. The molecular formula is C11H8O4. The molecule has 0 aromatic carbocycles. The third-order valence-corrected chi connectivity index (χ3v) is 2.35. The van der Waals surface area contributed by atoms with Gasteiger partial charge in [-0.2, -0.15) is 0 Å². The Hall–Kier alpha value is -1.97. The third kappa shape index (κ3) is 1.44. The number of hydrogen-bond donors (Lipinski definition) is 0. The molecule has 0 spiro atoms. The van der Waals surface area contributed by atoms with Gasteiger partial charge < -0.3 is 4.42 Å². The summed E-state index contributed by atoms with van der Waals surface area (Å²) in [4.78, 5) is 34.1. The van der Waals surface area contributed by atoms with Gasteiger partial charge in [-0.05, 0) is 25.1 Å². The van der Waals surface area contributed by atoms with Crippen LogP contribution in [0.3, 0.4) is 0 Å². The summed E-state index contributed by atoms with van der Waals surface area (Å²) < 4.78 is 4.97. The summed E-state index contributed by atoms with van der Waals surface area (Å²) in [5, 5.41) is 0. The minimum Gasteiger partial charge on any atom is -0.465 e. The van der Waals surface area contributed by atoms with E-state index in [2.05, 4.69) is 0 Å². The minimum atomic E-state index is -0.848. The molecule has 76 valence electrons. The number of ketones is 3. The standard InChI is InChI=1S/C11H8O4/c1-6-9(12)8(11(14)10(6)13)5-7-3-2-4-15-7/h2-6H,1H3/b8-5+/t6-/m0/s1. The number of carbonyl (C=O) groups excluding carboxylic acids is 3. The van der Waals surface area contributed by atoms with Gasteiger partial charge in [0.2, 0.25) is 11.6 Å². The van der Waals surface area contributed by atoms with E-state index >= 15 is 0 Å². The largest absolute Gasteiger partial charge is 0.465 e. The van der Waals surface area contributed by atoms with Crippen LogP contribution in [0, 0.1) is 5.92 Å². The zero-order chi connectivity index (χ0) is 11.0. The van der Waals surface area contributed by atoms with Crippen molar-refractivity contribution in [1.82, 2.24) is 0 Å². The van der Waals surface area contributed by atoms with Crippen molar-refractivity contribution in [3.63, 3.8) is 0 Å². The summed E-state index contributed by atoms with van der Waals surface area (Å²) in [6.07, 6.45) is 2.74. The lowest BCUT2D eigenvalue weighted by Gasteiger charge is -1.91. The fourth-order valence-corrected chi connectivity index (χ4v) is 1.45. The zero-order valence-electron chi connectivity index (χ0n) is 8.02. The first-order valence-corrected chi connectivity index (χ1v) is 4.49. The van der Waals surface area contributed by atoms with E-state index in [1.54, 1.807) is 12.1 Å². The molecule has 1 saturated carbocycles. The summed E-state index contributed by atoms with van der Waals surface area (Å²) in [5.74, 6) is -2.24. The highest BCUT2D eigenvalue weighted by atomic mass is 16.3. The number of rotatable bonds is 1. The van der Waals surface area contributed by atoms with E-state index in [1.807, 2.05) is 0 Å². The van der Waals surface area contributed by atoms with Crippen molar-refractivity contribution in [1.29, 1.82) is 0 Å². The van der Waals surface area contributed by atoms with Crippen molar-refractivity contribution < 1.29 is 18.8 Å². The Bertz CT molecular complexity index is 465. The van der Waals surface area contributed by atoms with Crippen LogP contribution < -0.4 is 0 Å². The van der Waals surface area contributed by atoms with Gasteiger partial charge in [0, 0.05) is 0 Å². The number of Topliss-reactive ketones (excluding diaryl/α,β-unsaturated/α-hetero) is 3. The van der Waals surface area contributed by atoms with Gasteiger partial charge in [-0.25, -0.2) is 0 Å². The van der Waals surface area contributed by atoms with Crippen molar-refractivity contribution in [2.45, 2.75) is 6.92 Å².